The molecule has 8 heteroatoms. The van der Waals surface area contributed by atoms with E-state index < -0.39 is 5.97 Å². The van der Waals surface area contributed by atoms with Crippen LogP contribution in [0.3, 0.4) is 0 Å². The van der Waals surface area contributed by atoms with Gasteiger partial charge in [-0.05, 0) is 31.5 Å². The number of nitrogens with zero attached hydrogens (tertiary/aromatic N) is 2. The molecule has 0 aliphatic carbocycles. The predicted octanol–water partition coefficient (Wildman–Crippen LogP) is 3.94. The molecule has 3 aromatic rings. The molecule has 2 aromatic heterocycles. The maximum absolute atomic E-state index is 14.2. The van der Waals surface area contributed by atoms with Crippen LogP contribution in [-0.4, -0.2) is 27.8 Å². The number of aromatic nitrogens is 3. The predicted molar refractivity (Wildman–Crippen MR) is 88.4 cm³/mol. The Balaban J connectivity index is 2.00. The number of aryl methyl sites for hydroxylation is 1. The highest BCUT2D eigenvalue weighted by atomic mass is 32.2. The van der Waals surface area contributed by atoms with Crippen LogP contribution in [0.5, 0.6) is 0 Å². The first-order valence-electron chi connectivity index (χ1n) is 6.99. The summed E-state index contributed by atoms with van der Waals surface area (Å²) in [4.78, 5) is 16.8. The number of halogens is 1. The van der Waals surface area contributed by atoms with Gasteiger partial charge in [-0.2, -0.15) is 0 Å². The van der Waals surface area contributed by atoms with Crippen molar-refractivity contribution in [3.05, 3.63) is 40.3 Å². The molecule has 120 valence electrons. The number of nitrogens with one attached hydrogen (secondary N) is 1. The SMILES string of the molecule is CCOC(=O)c1sc2cccc(F)c2c1CSc1n[nH]c(C)n1. The first-order chi connectivity index (χ1) is 11.1. The highest BCUT2D eigenvalue weighted by Crippen LogP contribution is 2.36. The highest BCUT2D eigenvalue weighted by molar-refractivity contribution is 7.98. The highest BCUT2D eigenvalue weighted by Gasteiger charge is 2.22. The van der Waals surface area contributed by atoms with Gasteiger partial charge in [0.05, 0.1) is 6.61 Å². The Morgan fingerprint density at radius 2 is 2.30 bits per heavy atom. The van der Waals surface area contributed by atoms with E-state index in [0.29, 0.717) is 32.6 Å². The van der Waals surface area contributed by atoms with Crippen LogP contribution in [0.2, 0.25) is 0 Å². The maximum atomic E-state index is 14.2. The van der Waals surface area contributed by atoms with Crippen molar-refractivity contribution in [3.8, 4) is 0 Å². The fraction of sp³-hybridized carbons (Fsp3) is 0.267. The standard InChI is InChI=1S/C15H14FN3O2S2/c1-3-21-14(20)13-9(7-22-15-17-8(2)18-19-15)12-10(16)5-4-6-11(12)23-13/h4-6H,3,7H2,1-2H3,(H,17,18,19). The number of benzene rings is 1. The summed E-state index contributed by atoms with van der Waals surface area (Å²) in [7, 11) is 0. The van der Waals surface area contributed by atoms with Crippen LogP contribution >= 0.6 is 23.1 Å². The van der Waals surface area contributed by atoms with Crippen molar-refractivity contribution in [2.24, 2.45) is 0 Å². The van der Waals surface area contributed by atoms with Gasteiger partial charge in [-0.1, -0.05) is 17.8 Å². The monoisotopic (exact) mass is 351 g/mol. The van der Waals surface area contributed by atoms with E-state index >= 15 is 0 Å². The second-order valence-electron chi connectivity index (χ2n) is 4.74. The molecule has 0 fully saturated rings. The summed E-state index contributed by atoms with van der Waals surface area (Å²) in [5.74, 6) is 0.345. The van der Waals surface area contributed by atoms with Crippen molar-refractivity contribution in [1.29, 1.82) is 0 Å². The number of ether oxygens (including phenoxy) is 1. The lowest BCUT2D eigenvalue weighted by atomic mass is 10.1. The van der Waals surface area contributed by atoms with Gasteiger partial charge in [0.15, 0.2) is 0 Å². The molecule has 0 aliphatic heterocycles. The van der Waals surface area contributed by atoms with E-state index in [4.69, 9.17) is 4.74 Å². The molecule has 2 heterocycles. The molecule has 3 rings (SSSR count). The molecule has 0 unspecified atom stereocenters. The molecule has 1 aromatic carbocycles. The van der Waals surface area contributed by atoms with Crippen molar-refractivity contribution >= 4 is 39.2 Å². The van der Waals surface area contributed by atoms with E-state index in [2.05, 4.69) is 15.2 Å². The van der Waals surface area contributed by atoms with E-state index in [0.717, 1.165) is 4.70 Å². The van der Waals surface area contributed by atoms with E-state index in [9.17, 15) is 9.18 Å². The lowest BCUT2D eigenvalue weighted by molar-refractivity contribution is 0.0531. The molecule has 0 saturated carbocycles. The minimum atomic E-state index is -0.421. The third-order valence-electron chi connectivity index (χ3n) is 3.15. The topological polar surface area (TPSA) is 67.9 Å². The van der Waals surface area contributed by atoms with Gasteiger partial charge in [-0.25, -0.2) is 14.2 Å². The lowest BCUT2D eigenvalue weighted by Gasteiger charge is -2.03. The van der Waals surface area contributed by atoms with Crippen molar-refractivity contribution in [1.82, 2.24) is 15.2 Å². The van der Waals surface area contributed by atoms with Gasteiger partial charge in [0.2, 0.25) is 5.16 Å². The minimum Gasteiger partial charge on any atom is -0.462 e. The number of carbonyl (C=O) groups is 1. The summed E-state index contributed by atoms with van der Waals surface area (Å²) in [6, 6.07) is 4.84. The van der Waals surface area contributed by atoms with Crippen molar-refractivity contribution in [2.75, 3.05) is 6.61 Å². The van der Waals surface area contributed by atoms with Crippen LogP contribution in [-0.2, 0) is 10.5 Å². The number of fused-ring (bicyclic) bond motifs is 1. The summed E-state index contributed by atoms with van der Waals surface area (Å²) in [5, 5.41) is 7.84. The van der Waals surface area contributed by atoms with Gasteiger partial charge in [0.1, 0.15) is 16.5 Å². The average Bonchev–Trinajstić information content (AvgIpc) is 3.10. The average molecular weight is 351 g/mol. The van der Waals surface area contributed by atoms with E-state index in [-0.39, 0.29) is 12.4 Å². The summed E-state index contributed by atoms with van der Waals surface area (Å²) in [6.07, 6.45) is 0. The van der Waals surface area contributed by atoms with Crippen molar-refractivity contribution in [3.63, 3.8) is 0 Å². The molecule has 23 heavy (non-hydrogen) atoms. The second-order valence-corrected chi connectivity index (χ2v) is 6.73. The van der Waals surface area contributed by atoms with Gasteiger partial charge in [0, 0.05) is 15.8 Å². The molecule has 0 bridgehead atoms. The third kappa shape index (κ3) is 3.23. The van der Waals surface area contributed by atoms with Crippen molar-refractivity contribution < 1.29 is 13.9 Å². The number of thioether (sulfide) groups is 1. The lowest BCUT2D eigenvalue weighted by Crippen LogP contribution is -2.05. The second kappa shape index (κ2) is 6.67. The maximum Gasteiger partial charge on any atom is 0.348 e. The fourth-order valence-corrected chi connectivity index (χ4v) is 4.28. The number of thiophene rings is 1. The van der Waals surface area contributed by atoms with Crippen LogP contribution in [0.15, 0.2) is 23.4 Å². The smallest absolute Gasteiger partial charge is 0.348 e. The molecule has 0 amide bonds. The number of hydrogen-bond acceptors (Lipinski definition) is 6. The zero-order valence-electron chi connectivity index (χ0n) is 12.6. The molecule has 0 radical (unpaired) electrons. The number of hydrogen-bond donors (Lipinski definition) is 1. The summed E-state index contributed by atoms with van der Waals surface area (Å²) in [5.41, 5.74) is 0.633. The Kier molecular flexibility index (Phi) is 4.63. The molecule has 0 saturated heterocycles. The van der Waals surface area contributed by atoms with Crippen LogP contribution in [0.4, 0.5) is 4.39 Å². The Morgan fingerprint density at radius 3 is 3.00 bits per heavy atom. The van der Waals surface area contributed by atoms with Crippen molar-refractivity contribution in [2.45, 2.75) is 24.8 Å². The summed E-state index contributed by atoms with van der Waals surface area (Å²) in [6.45, 7) is 3.83. The Morgan fingerprint density at radius 1 is 1.48 bits per heavy atom. The van der Waals surface area contributed by atoms with Crippen LogP contribution in [0.1, 0.15) is 28.0 Å². The fourth-order valence-electron chi connectivity index (χ4n) is 2.19. The number of esters is 1. The molecule has 5 nitrogen and oxygen atoms in total. The zero-order chi connectivity index (χ0) is 16.4. The number of carbonyl (C=O) groups excluding carboxylic acids is 1. The normalized spacial score (nSPS) is 11.1. The first kappa shape index (κ1) is 15.9. The van der Waals surface area contributed by atoms with Crippen LogP contribution in [0, 0.1) is 12.7 Å². The van der Waals surface area contributed by atoms with E-state index in [1.807, 2.05) is 0 Å². The van der Waals surface area contributed by atoms with Crippen LogP contribution < -0.4 is 0 Å². The first-order valence-corrected chi connectivity index (χ1v) is 8.79. The van der Waals surface area contributed by atoms with Gasteiger partial charge < -0.3 is 4.74 Å². The molecule has 0 spiro atoms. The molecule has 1 N–H and O–H groups in total. The summed E-state index contributed by atoms with van der Waals surface area (Å²) < 4.78 is 20.1. The van der Waals surface area contributed by atoms with Gasteiger partial charge in [-0.3, -0.25) is 5.10 Å². The molecule has 0 aliphatic rings. The zero-order valence-corrected chi connectivity index (χ0v) is 14.2. The van der Waals surface area contributed by atoms with Gasteiger partial charge in [-0.15, -0.1) is 16.4 Å². The van der Waals surface area contributed by atoms with Gasteiger partial charge in [0.25, 0.3) is 0 Å². The minimum absolute atomic E-state index is 0.280. The number of rotatable bonds is 5. The van der Waals surface area contributed by atoms with E-state index in [1.54, 1.807) is 26.0 Å². The van der Waals surface area contributed by atoms with E-state index in [1.165, 1.54) is 29.2 Å². The number of H-pyrrole nitrogens is 1. The number of aromatic amines is 1. The van der Waals surface area contributed by atoms with Gasteiger partial charge >= 0.3 is 5.97 Å². The third-order valence-corrected chi connectivity index (χ3v) is 5.20. The Bertz CT molecular complexity index is 860. The van der Waals surface area contributed by atoms with Crippen LogP contribution in [0.25, 0.3) is 10.1 Å². The molecular weight excluding hydrogens is 337 g/mol. The molecular formula is C15H14FN3O2S2. The quantitative estimate of drug-likeness (QED) is 0.557. The Hall–Kier alpha value is -1.93. The summed E-state index contributed by atoms with van der Waals surface area (Å²) >= 11 is 2.60. The largest absolute Gasteiger partial charge is 0.462 e. The molecule has 0 atom stereocenters. The Labute approximate surface area is 140 Å².